The van der Waals surface area contributed by atoms with E-state index in [-0.39, 0.29) is 0 Å². The lowest BCUT2D eigenvalue weighted by Gasteiger charge is -2.33. The number of hydrogen-bond donors (Lipinski definition) is 1. The van der Waals surface area contributed by atoms with Crippen LogP contribution in [0.1, 0.15) is 18.4 Å². The van der Waals surface area contributed by atoms with Crippen molar-refractivity contribution in [3.8, 4) is 11.5 Å². The van der Waals surface area contributed by atoms with Crippen LogP contribution in [0, 0.1) is 0 Å². The van der Waals surface area contributed by atoms with Gasteiger partial charge in [-0.1, -0.05) is 11.6 Å². The molecular formula is C18H30ClN3O2. The molecule has 0 aliphatic carbocycles. The topological polar surface area (TPSA) is 37.0 Å². The van der Waals surface area contributed by atoms with Crippen molar-refractivity contribution in [3.63, 3.8) is 0 Å². The summed E-state index contributed by atoms with van der Waals surface area (Å²) in [5.41, 5.74) is 1.05. The van der Waals surface area contributed by atoms with Gasteiger partial charge in [0.2, 0.25) is 0 Å². The largest absolute Gasteiger partial charge is 0.493 e. The standard InChI is InChI=1S/C18H30ClN3O2/c1-21(2)9-10-22-7-5-15(6-8-22)20-13-14-11-17(23-3)18(24-4)12-16(14)19/h11-12,15,20H,5-10,13H2,1-4H3. The molecule has 1 aliphatic heterocycles. The van der Waals surface area contributed by atoms with Gasteiger partial charge in [-0.05, 0) is 51.7 Å². The fourth-order valence-electron chi connectivity index (χ4n) is 2.99. The molecule has 1 heterocycles. The Morgan fingerprint density at radius 1 is 1.17 bits per heavy atom. The van der Waals surface area contributed by atoms with Crippen LogP contribution in [0.5, 0.6) is 11.5 Å². The minimum absolute atomic E-state index is 0.546. The lowest BCUT2D eigenvalue weighted by Crippen LogP contribution is -2.44. The molecule has 0 aromatic heterocycles. The maximum atomic E-state index is 6.36. The van der Waals surface area contributed by atoms with Gasteiger partial charge in [0, 0.05) is 36.8 Å². The maximum Gasteiger partial charge on any atom is 0.162 e. The monoisotopic (exact) mass is 355 g/mol. The Kier molecular flexibility index (Phi) is 7.62. The molecule has 1 aliphatic rings. The quantitative estimate of drug-likeness (QED) is 0.775. The Balaban J connectivity index is 1.82. The second-order valence-corrected chi connectivity index (χ2v) is 7.01. The van der Waals surface area contributed by atoms with Crippen LogP contribution in [-0.4, -0.2) is 70.3 Å². The van der Waals surface area contributed by atoms with Crippen molar-refractivity contribution in [2.24, 2.45) is 0 Å². The van der Waals surface area contributed by atoms with Crippen molar-refractivity contribution in [2.75, 3.05) is 54.5 Å². The molecule has 1 aromatic rings. The zero-order chi connectivity index (χ0) is 17.5. The van der Waals surface area contributed by atoms with Crippen molar-refractivity contribution in [2.45, 2.75) is 25.4 Å². The summed E-state index contributed by atoms with van der Waals surface area (Å²) in [5, 5.41) is 4.35. The van der Waals surface area contributed by atoms with Crippen LogP contribution in [0.25, 0.3) is 0 Å². The normalized spacial score (nSPS) is 16.6. The first-order valence-corrected chi connectivity index (χ1v) is 8.92. The first-order chi connectivity index (χ1) is 11.5. The van der Waals surface area contributed by atoms with Crippen LogP contribution in [0.4, 0.5) is 0 Å². The maximum absolute atomic E-state index is 6.36. The number of halogens is 1. The van der Waals surface area contributed by atoms with Gasteiger partial charge in [-0.15, -0.1) is 0 Å². The second-order valence-electron chi connectivity index (χ2n) is 6.60. The Labute approximate surface area is 150 Å². The van der Waals surface area contributed by atoms with Crippen molar-refractivity contribution >= 4 is 11.6 Å². The third kappa shape index (κ3) is 5.52. The highest BCUT2D eigenvalue weighted by molar-refractivity contribution is 6.31. The highest BCUT2D eigenvalue weighted by Gasteiger charge is 2.19. The van der Waals surface area contributed by atoms with E-state index in [2.05, 4.69) is 29.2 Å². The predicted molar refractivity (Wildman–Crippen MR) is 99.4 cm³/mol. The van der Waals surface area contributed by atoms with Gasteiger partial charge in [-0.3, -0.25) is 0 Å². The van der Waals surface area contributed by atoms with Crippen molar-refractivity contribution in [1.82, 2.24) is 15.1 Å². The molecule has 0 bridgehead atoms. The van der Waals surface area contributed by atoms with Gasteiger partial charge < -0.3 is 24.6 Å². The first-order valence-electron chi connectivity index (χ1n) is 8.54. The van der Waals surface area contributed by atoms with Crippen molar-refractivity contribution in [3.05, 3.63) is 22.7 Å². The van der Waals surface area contributed by atoms with Crippen LogP contribution < -0.4 is 14.8 Å². The number of piperidine rings is 1. The molecule has 0 spiro atoms. The zero-order valence-electron chi connectivity index (χ0n) is 15.3. The Bertz CT molecular complexity index is 517. The summed E-state index contributed by atoms with van der Waals surface area (Å²) in [6.07, 6.45) is 2.36. The molecule has 1 saturated heterocycles. The summed E-state index contributed by atoms with van der Waals surface area (Å²) < 4.78 is 10.6. The van der Waals surface area contributed by atoms with E-state index in [1.54, 1.807) is 14.2 Å². The van der Waals surface area contributed by atoms with E-state index in [1.807, 2.05) is 12.1 Å². The number of ether oxygens (including phenoxy) is 2. The molecule has 2 rings (SSSR count). The third-order valence-electron chi connectivity index (χ3n) is 4.58. The van der Waals surface area contributed by atoms with Crippen LogP contribution in [0.3, 0.4) is 0 Å². The fraction of sp³-hybridized carbons (Fsp3) is 0.667. The summed E-state index contributed by atoms with van der Waals surface area (Å²) in [4.78, 5) is 4.78. The number of hydrogen-bond acceptors (Lipinski definition) is 5. The Morgan fingerprint density at radius 3 is 2.38 bits per heavy atom. The summed E-state index contributed by atoms with van der Waals surface area (Å²) in [6, 6.07) is 4.33. The Morgan fingerprint density at radius 2 is 1.79 bits per heavy atom. The van der Waals surface area contributed by atoms with Crippen molar-refractivity contribution in [1.29, 1.82) is 0 Å². The number of rotatable bonds is 8. The smallest absolute Gasteiger partial charge is 0.162 e. The summed E-state index contributed by atoms with van der Waals surface area (Å²) in [7, 11) is 7.52. The molecule has 136 valence electrons. The van der Waals surface area contributed by atoms with E-state index in [0.717, 1.165) is 44.0 Å². The molecule has 1 aromatic carbocycles. The van der Waals surface area contributed by atoms with Gasteiger partial charge in [-0.2, -0.15) is 0 Å². The summed E-state index contributed by atoms with van der Waals surface area (Å²) in [6.45, 7) is 5.35. The van der Waals surface area contributed by atoms with Gasteiger partial charge >= 0.3 is 0 Å². The molecule has 0 radical (unpaired) electrons. The molecule has 0 saturated carbocycles. The minimum atomic E-state index is 0.546. The highest BCUT2D eigenvalue weighted by Crippen LogP contribution is 2.33. The van der Waals surface area contributed by atoms with E-state index in [1.165, 1.54) is 12.8 Å². The fourth-order valence-corrected chi connectivity index (χ4v) is 3.21. The molecule has 1 fully saturated rings. The van der Waals surface area contributed by atoms with Gasteiger partial charge in [0.25, 0.3) is 0 Å². The Hall–Kier alpha value is -1.01. The summed E-state index contributed by atoms with van der Waals surface area (Å²) >= 11 is 6.36. The minimum Gasteiger partial charge on any atom is -0.493 e. The van der Waals surface area contributed by atoms with E-state index in [4.69, 9.17) is 21.1 Å². The highest BCUT2D eigenvalue weighted by atomic mass is 35.5. The average molecular weight is 356 g/mol. The van der Waals surface area contributed by atoms with Crippen LogP contribution in [-0.2, 0) is 6.54 Å². The van der Waals surface area contributed by atoms with Crippen molar-refractivity contribution < 1.29 is 9.47 Å². The molecule has 5 nitrogen and oxygen atoms in total. The third-order valence-corrected chi connectivity index (χ3v) is 4.94. The van der Waals surface area contributed by atoms with E-state index in [9.17, 15) is 0 Å². The van der Waals surface area contributed by atoms with Gasteiger partial charge in [0.1, 0.15) is 0 Å². The lowest BCUT2D eigenvalue weighted by atomic mass is 10.0. The van der Waals surface area contributed by atoms with Crippen LogP contribution in [0.2, 0.25) is 5.02 Å². The van der Waals surface area contributed by atoms with Gasteiger partial charge in [0.05, 0.1) is 14.2 Å². The molecule has 0 atom stereocenters. The molecule has 1 N–H and O–H groups in total. The first kappa shape index (κ1) is 19.3. The zero-order valence-corrected chi connectivity index (χ0v) is 16.0. The molecule has 0 amide bonds. The molecule has 0 unspecified atom stereocenters. The van der Waals surface area contributed by atoms with Gasteiger partial charge in [0.15, 0.2) is 11.5 Å². The number of likely N-dealkylation sites (N-methyl/N-ethyl adjacent to an activating group) is 1. The predicted octanol–water partition coefficient (Wildman–Crippen LogP) is 2.47. The lowest BCUT2D eigenvalue weighted by molar-refractivity contribution is 0.182. The average Bonchev–Trinajstić information content (AvgIpc) is 2.59. The summed E-state index contributed by atoms with van der Waals surface area (Å²) in [5.74, 6) is 1.39. The van der Waals surface area contributed by atoms with Crippen LogP contribution >= 0.6 is 11.6 Å². The molecule has 24 heavy (non-hydrogen) atoms. The SMILES string of the molecule is COc1cc(Cl)c(CNC2CCN(CCN(C)C)CC2)cc1OC. The second kappa shape index (κ2) is 9.47. The van der Waals surface area contributed by atoms with E-state index >= 15 is 0 Å². The van der Waals surface area contributed by atoms with Crippen LogP contribution in [0.15, 0.2) is 12.1 Å². The number of likely N-dealkylation sites (tertiary alicyclic amines) is 1. The number of benzene rings is 1. The molecular weight excluding hydrogens is 326 g/mol. The van der Waals surface area contributed by atoms with E-state index in [0.29, 0.717) is 16.8 Å². The number of methoxy groups -OCH3 is 2. The number of nitrogens with one attached hydrogen (secondary N) is 1. The number of nitrogens with zero attached hydrogens (tertiary/aromatic N) is 2. The van der Waals surface area contributed by atoms with E-state index < -0.39 is 0 Å². The van der Waals surface area contributed by atoms with Gasteiger partial charge in [-0.25, -0.2) is 0 Å². The molecule has 6 heteroatoms.